The lowest BCUT2D eigenvalue weighted by atomic mass is 9.86. The SMILES string of the molecule is COc1cc(NC(=O)NCc2ccc(COc3cccc([C@](O)(C(=O)OC4CCN(Cc5ccccc5)CC4)c4ccccc4)c3)cc2)ccc1CNCC(O)c1ccc(O)c2[nH]c(=O)ccc12. The molecule has 7 aromatic rings. The van der Waals surface area contributed by atoms with E-state index in [0.717, 1.165) is 36.3 Å². The second-order valence-electron chi connectivity index (χ2n) is 16.8. The number of benzene rings is 6. The molecule has 2 heterocycles. The van der Waals surface area contributed by atoms with Gasteiger partial charge < -0.3 is 50.5 Å². The summed E-state index contributed by atoms with van der Waals surface area (Å²) in [5.41, 5.74) is 3.48. The largest absolute Gasteiger partial charge is 0.506 e. The van der Waals surface area contributed by atoms with Crippen molar-refractivity contribution in [2.75, 3.05) is 32.1 Å². The Bertz CT molecular complexity index is 2870. The van der Waals surface area contributed by atoms with E-state index in [1.165, 1.54) is 24.8 Å². The quantitative estimate of drug-likeness (QED) is 0.0424. The molecule has 1 fully saturated rings. The predicted octanol–water partition coefficient (Wildman–Crippen LogP) is 7.41. The second-order valence-corrected chi connectivity index (χ2v) is 16.8. The van der Waals surface area contributed by atoms with E-state index in [1.54, 1.807) is 72.8 Å². The minimum absolute atomic E-state index is 0.0783. The number of rotatable bonds is 18. The van der Waals surface area contributed by atoms with Gasteiger partial charge in [-0.3, -0.25) is 9.69 Å². The number of hydrogen-bond donors (Lipinski definition) is 7. The molecular weight excluding hydrogens is 863 g/mol. The van der Waals surface area contributed by atoms with E-state index in [2.05, 4.69) is 38.0 Å². The van der Waals surface area contributed by atoms with Crippen LogP contribution in [-0.2, 0) is 41.4 Å². The van der Waals surface area contributed by atoms with Gasteiger partial charge >= 0.3 is 12.0 Å². The number of methoxy groups -OCH3 is 1. The number of likely N-dealkylation sites (tertiary alicyclic amines) is 1. The summed E-state index contributed by atoms with van der Waals surface area (Å²) in [7, 11) is 1.54. The molecule has 1 aromatic heterocycles. The number of carbonyl (C=O) groups excluding carboxylic acids is 2. The molecule has 2 atom stereocenters. The molecule has 0 radical (unpaired) electrons. The summed E-state index contributed by atoms with van der Waals surface area (Å²) in [6.45, 7) is 3.43. The van der Waals surface area contributed by atoms with E-state index in [0.29, 0.717) is 58.6 Å². The van der Waals surface area contributed by atoms with Gasteiger partial charge in [-0.1, -0.05) is 109 Å². The highest BCUT2D eigenvalue weighted by molar-refractivity contribution is 5.90. The van der Waals surface area contributed by atoms with E-state index < -0.39 is 23.7 Å². The molecule has 14 heteroatoms. The van der Waals surface area contributed by atoms with E-state index in [9.17, 15) is 29.7 Å². The molecule has 1 aliphatic heterocycles. The molecule has 0 saturated carbocycles. The first kappa shape index (κ1) is 47.0. The van der Waals surface area contributed by atoms with E-state index >= 15 is 0 Å². The highest BCUT2D eigenvalue weighted by Gasteiger charge is 2.43. The van der Waals surface area contributed by atoms with Crippen molar-refractivity contribution >= 4 is 28.6 Å². The van der Waals surface area contributed by atoms with E-state index in [-0.39, 0.29) is 42.6 Å². The zero-order chi connectivity index (χ0) is 47.5. The van der Waals surface area contributed by atoms with Gasteiger partial charge in [-0.15, -0.1) is 0 Å². The predicted molar refractivity (Wildman–Crippen MR) is 259 cm³/mol. The van der Waals surface area contributed by atoms with Crippen molar-refractivity contribution in [3.05, 3.63) is 201 Å². The number of nitrogens with one attached hydrogen (secondary N) is 4. The summed E-state index contributed by atoms with van der Waals surface area (Å²) in [5, 5.41) is 42.8. The molecule has 6 aromatic carbocycles. The Balaban J connectivity index is 0.809. The van der Waals surface area contributed by atoms with Gasteiger partial charge in [0.25, 0.3) is 0 Å². The molecule has 0 aliphatic carbocycles. The van der Waals surface area contributed by atoms with Crippen molar-refractivity contribution in [1.29, 1.82) is 0 Å². The normalized spacial score (nSPS) is 14.4. The maximum atomic E-state index is 14.0. The van der Waals surface area contributed by atoms with Gasteiger partial charge in [-0.2, -0.15) is 0 Å². The first-order valence-corrected chi connectivity index (χ1v) is 22.6. The number of fused-ring (bicyclic) bond motifs is 1. The van der Waals surface area contributed by atoms with E-state index in [4.69, 9.17) is 14.2 Å². The molecule has 1 saturated heterocycles. The van der Waals surface area contributed by atoms with Crippen LogP contribution >= 0.6 is 0 Å². The summed E-state index contributed by atoms with van der Waals surface area (Å²) in [6.07, 6.45) is 0.0987. The molecule has 7 N–H and O–H groups in total. The Labute approximate surface area is 394 Å². The number of hydrogen-bond acceptors (Lipinski definition) is 11. The number of anilines is 1. The fraction of sp³-hybridized carbons (Fsp3) is 0.241. The molecule has 0 bridgehead atoms. The molecule has 8 rings (SSSR count). The van der Waals surface area contributed by atoms with Crippen LogP contribution in [0.1, 0.15) is 57.9 Å². The highest BCUT2D eigenvalue weighted by Crippen LogP contribution is 2.35. The second kappa shape index (κ2) is 21.9. The maximum Gasteiger partial charge on any atom is 0.347 e. The minimum atomic E-state index is -2.05. The number of nitrogens with zero attached hydrogens (tertiary/aromatic N) is 1. The number of urea groups is 1. The number of amides is 2. The third kappa shape index (κ3) is 11.5. The van der Waals surface area contributed by atoms with Gasteiger partial charge in [0.1, 0.15) is 30.0 Å². The number of carbonyl (C=O) groups is 2. The number of aliphatic hydroxyl groups excluding tert-OH is 1. The van der Waals surface area contributed by atoms with Crippen molar-refractivity contribution in [3.63, 3.8) is 0 Å². The van der Waals surface area contributed by atoms with Crippen molar-refractivity contribution < 1.29 is 39.1 Å². The number of aliphatic hydroxyl groups is 2. The molecule has 1 unspecified atom stereocenters. The number of phenols is 1. The lowest BCUT2D eigenvalue weighted by Gasteiger charge is -2.34. The summed E-state index contributed by atoms with van der Waals surface area (Å²) >= 11 is 0. The number of piperidine rings is 1. The number of phenolic OH excluding ortho intramolecular Hbond substituents is 1. The van der Waals surface area contributed by atoms with Crippen molar-refractivity contribution in [2.24, 2.45) is 0 Å². The van der Waals surface area contributed by atoms with Crippen LogP contribution in [0.5, 0.6) is 17.2 Å². The standard InChI is InChI=1S/C54H55N5O9/c1-66-49-30-42(20-19-39(49)32-55-33-48(61)45-21-23-47(60)51-46(45)22-24-50(62)58-51)57-53(64)56-31-36-15-17-38(18-16-36)35-67-44-14-8-13-41(29-44)54(65,40-11-6-3-7-12-40)52(63)68-43-25-27-59(28-26-43)34-37-9-4-2-5-10-37/h2-24,29-30,43,48,55,60-61,65H,25-28,31-35H2,1H3,(H,58,62)(H2,56,57,64)/t48?,54-/m0/s1. The van der Waals surface area contributed by atoms with E-state index in [1.807, 2.05) is 54.6 Å². The molecule has 1 aliphatic rings. The van der Waals surface area contributed by atoms with Gasteiger partial charge in [0.15, 0.2) is 0 Å². The number of esters is 1. The van der Waals surface area contributed by atoms with Crippen LogP contribution in [0.15, 0.2) is 156 Å². The molecule has 350 valence electrons. The fourth-order valence-electron chi connectivity index (χ4n) is 8.41. The van der Waals surface area contributed by atoms with Gasteiger partial charge in [0.05, 0.1) is 18.7 Å². The fourth-order valence-corrected chi connectivity index (χ4v) is 8.41. The lowest BCUT2D eigenvalue weighted by Crippen LogP contribution is -2.43. The van der Waals surface area contributed by atoms with Crippen LogP contribution in [-0.4, -0.2) is 70.1 Å². The molecule has 14 nitrogen and oxygen atoms in total. The van der Waals surface area contributed by atoms with Crippen LogP contribution in [0, 0.1) is 0 Å². The lowest BCUT2D eigenvalue weighted by molar-refractivity contribution is -0.170. The molecule has 2 amide bonds. The summed E-state index contributed by atoms with van der Waals surface area (Å²) in [5.74, 6) is 0.212. The average Bonchev–Trinajstić information content (AvgIpc) is 3.37. The Kier molecular flexibility index (Phi) is 15.1. The Morgan fingerprint density at radius 3 is 2.26 bits per heavy atom. The van der Waals surface area contributed by atoms with Crippen LogP contribution in [0.3, 0.4) is 0 Å². The highest BCUT2D eigenvalue weighted by atomic mass is 16.6. The summed E-state index contributed by atoms with van der Waals surface area (Å²) < 4.78 is 17.8. The monoisotopic (exact) mass is 917 g/mol. The number of ether oxygens (including phenoxy) is 3. The Morgan fingerprint density at radius 2 is 1.51 bits per heavy atom. The van der Waals surface area contributed by atoms with Gasteiger partial charge in [-0.25, -0.2) is 9.59 Å². The van der Waals surface area contributed by atoms with Crippen molar-refractivity contribution in [3.8, 4) is 17.2 Å². The Morgan fingerprint density at radius 1 is 0.794 bits per heavy atom. The van der Waals surface area contributed by atoms with Gasteiger partial charge in [0.2, 0.25) is 11.2 Å². The first-order valence-electron chi connectivity index (χ1n) is 22.6. The van der Waals surface area contributed by atoms with Gasteiger partial charge in [-0.05, 0) is 71.0 Å². The smallest absolute Gasteiger partial charge is 0.347 e. The van der Waals surface area contributed by atoms with Gasteiger partial charge in [0, 0.05) is 73.6 Å². The topological polar surface area (TPSA) is 195 Å². The maximum absolute atomic E-state index is 14.0. The minimum Gasteiger partial charge on any atom is -0.506 e. The zero-order valence-corrected chi connectivity index (χ0v) is 37.7. The van der Waals surface area contributed by atoms with Crippen molar-refractivity contribution in [1.82, 2.24) is 20.5 Å². The zero-order valence-electron chi connectivity index (χ0n) is 37.7. The molecule has 68 heavy (non-hydrogen) atoms. The molecular formula is C54H55N5O9. The van der Waals surface area contributed by atoms with Crippen LogP contribution < -0.4 is 31.0 Å². The van der Waals surface area contributed by atoms with Crippen LogP contribution in [0.4, 0.5) is 10.5 Å². The number of aromatic amines is 1. The third-order valence-electron chi connectivity index (χ3n) is 12.1. The number of pyridine rings is 1. The number of H-pyrrole nitrogens is 1. The average molecular weight is 918 g/mol. The van der Waals surface area contributed by atoms with Crippen LogP contribution in [0.25, 0.3) is 10.9 Å². The number of aromatic nitrogens is 1. The third-order valence-corrected chi connectivity index (χ3v) is 12.1. The summed E-state index contributed by atoms with van der Waals surface area (Å²) in [6, 6.07) is 44.5. The van der Waals surface area contributed by atoms with Crippen molar-refractivity contribution in [2.45, 2.75) is 56.9 Å². The number of aromatic hydroxyl groups is 1. The van der Waals surface area contributed by atoms with Crippen LogP contribution in [0.2, 0.25) is 0 Å². The molecule has 0 spiro atoms. The first-order chi connectivity index (χ1) is 33.0. The summed E-state index contributed by atoms with van der Waals surface area (Å²) in [4.78, 5) is 43.6. The Hall–Kier alpha value is -7.49.